The molecule has 2 amide bonds. The number of methoxy groups -OCH3 is 1. The van der Waals surface area contributed by atoms with Crippen LogP contribution in [0.4, 0.5) is 5.13 Å². The van der Waals surface area contributed by atoms with E-state index in [-0.39, 0.29) is 24.0 Å². The highest BCUT2D eigenvalue weighted by atomic mass is 32.1. The van der Waals surface area contributed by atoms with E-state index in [1.54, 1.807) is 12.0 Å². The first-order valence-corrected chi connectivity index (χ1v) is 11.3. The van der Waals surface area contributed by atoms with Crippen LogP contribution in [0.25, 0.3) is 10.2 Å². The van der Waals surface area contributed by atoms with Gasteiger partial charge in [0.25, 0.3) is 0 Å². The van der Waals surface area contributed by atoms with Gasteiger partial charge in [0.15, 0.2) is 5.13 Å². The molecular formula is C22H23N3O4S. The molecule has 3 aliphatic heterocycles. The first kappa shape index (κ1) is 18.3. The predicted octanol–water partition coefficient (Wildman–Crippen LogP) is 2.65. The lowest BCUT2D eigenvalue weighted by Crippen LogP contribution is -2.46. The number of fused-ring (bicyclic) bond motifs is 2. The number of anilines is 1. The molecule has 2 saturated heterocycles. The molecule has 1 aromatic heterocycles. The van der Waals surface area contributed by atoms with Crippen molar-refractivity contribution in [2.24, 2.45) is 11.8 Å². The average molecular weight is 426 g/mol. The fourth-order valence-corrected chi connectivity index (χ4v) is 6.42. The molecule has 8 heteroatoms. The molecule has 1 spiro atoms. The van der Waals surface area contributed by atoms with Crippen LogP contribution in [0.15, 0.2) is 30.4 Å². The Morgan fingerprint density at radius 3 is 3.00 bits per heavy atom. The summed E-state index contributed by atoms with van der Waals surface area (Å²) in [5.74, 6) is -0.346. The van der Waals surface area contributed by atoms with Gasteiger partial charge in [0.2, 0.25) is 11.8 Å². The predicted molar refractivity (Wildman–Crippen MR) is 113 cm³/mol. The van der Waals surface area contributed by atoms with Gasteiger partial charge in [-0.2, -0.15) is 0 Å². The van der Waals surface area contributed by atoms with E-state index in [0.29, 0.717) is 11.7 Å². The van der Waals surface area contributed by atoms with Crippen LogP contribution in [-0.2, 0) is 14.3 Å². The number of hydrogen-bond donors (Lipinski definition) is 1. The van der Waals surface area contributed by atoms with Crippen LogP contribution >= 0.6 is 11.3 Å². The van der Waals surface area contributed by atoms with Gasteiger partial charge in [0.1, 0.15) is 11.4 Å². The first-order valence-electron chi connectivity index (χ1n) is 10.5. The van der Waals surface area contributed by atoms with Crippen LogP contribution in [0.5, 0.6) is 5.75 Å². The van der Waals surface area contributed by atoms with Crippen molar-refractivity contribution in [1.29, 1.82) is 0 Å². The first-order chi connectivity index (χ1) is 14.6. The molecular weight excluding hydrogens is 402 g/mol. The number of rotatable bonds is 4. The number of hydrogen-bond acceptors (Lipinski definition) is 6. The summed E-state index contributed by atoms with van der Waals surface area (Å²) in [6.45, 7) is 0.396. The normalized spacial score (nSPS) is 32.4. The summed E-state index contributed by atoms with van der Waals surface area (Å²) >= 11 is 1.47. The van der Waals surface area contributed by atoms with Crippen LogP contribution in [0.3, 0.4) is 0 Å². The van der Waals surface area contributed by atoms with Crippen molar-refractivity contribution in [2.45, 2.75) is 43.4 Å². The monoisotopic (exact) mass is 425 g/mol. The summed E-state index contributed by atoms with van der Waals surface area (Å²) in [5.41, 5.74) is 0.0719. The molecule has 0 radical (unpaired) electrons. The van der Waals surface area contributed by atoms with Crippen LogP contribution in [0, 0.1) is 11.8 Å². The van der Waals surface area contributed by atoms with E-state index < -0.39 is 17.4 Å². The Balaban J connectivity index is 1.30. The molecule has 1 saturated carbocycles. The fourth-order valence-electron chi connectivity index (χ4n) is 5.46. The van der Waals surface area contributed by atoms with Gasteiger partial charge in [0, 0.05) is 12.1 Å². The van der Waals surface area contributed by atoms with E-state index in [0.717, 1.165) is 41.6 Å². The zero-order chi connectivity index (χ0) is 20.5. The van der Waals surface area contributed by atoms with Gasteiger partial charge < -0.3 is 14.8 Å². The smallest absolute Gasteiger partial charge is 0.236 e. The Morgan fingerprint density at radius 2 is 2.20 bits per heavy atom. The minimum atomic E-state index is -0.727. The number of nitrogens with zero attached hydrogens (tertiary/aromatic N) is 2. The van der Waals surface area contributed by atoms with E-state index in [4.69, 9.17) is 9.47 Å². The van der Waals surface area contributed by atoms with Gasteiger partial charge >= 0.3 is 0 Å². The molecule has 2 aromatic rings. The van der Waals surface area contributed by atoms with Gasteiger partial charge in [0.05, 0.1) is 41.8 Å². The Labute approximate surface area is 178 Å². The van der Waals surface area contributed by atoms with E-state index in [1.807, 2.05) is 30.4 Å². The second-order valence-electron chi connectivity index (χ2n) is 8.64. The molecule has 30 heavy (non-hydrogen) atoms. The summed E-state index contributed by atoms with van der Waals surface area (Å²) in [6, 6.07) is 5.94. The topological polar surface area (TPSA) is 80.8 Å². The van der Waals surface area contributed by atoms with Crippen molar-refractivity contribution in [3.05, 3.63) is 30.4 Å². The number of aromatic nitrogens is 1. The zero-order valence-electron chi connectivity index (χ0n) is 16.7. The maximum atomic E-state index is 13.5. The Kier molecular flexibility index (Phi) is 3.98. The van der Waals surface area contributed by atoms with Crippen LogP contribution < -0.4 is 15.0 Å². The van der Waals surface area contributed by atoms with E-state index in [1.165, 1.54) is 11.3 Å². The number of amides is 2. The Morgan fingerprint density at radius 1 is 1.37 bits per heavy atom. The summed E-state index contributed by atoms with van der Waals surface area (Å²) < 4.78 is 12.5. The number of ether oxygens (including phenoxy) is 2. The minimum Gasteiger partial charge on any atom is -0.497 e. The standard InChI is InChI=1S/C22H23N3O4S/c1-28-13-6-7-16-14(10-13)24-21(30-16)25-11-22-9-8-15(29-22)17(18(22)20(25)27)19(26)23-12-4-2-3-5-12/h6-10,12,15,17-18H,2-5,11H2,1H3,(H,23,26)/t15-,17+,18-,22+/m0/s1. The number of benzene rings is 1. The molecule has 0 unspecified atom stereocenters. The Hall–Kier alpha value is -2.45. The SMILES string of the molecule is COc1ccc2sc(N3C[C@@]45C=C[C@H](O4)[C@@H](C(=O)NC4CCCC4)[C@H]5C3=O)nc2c1. The van der Waals surface area contributed by atoms with Gasteiger partial charge in [-0.3, -0.25) is 14.5 Å². The minimum absolute atomic E-state index is 0.0487. The summed E-state index contributed by atoms with van der Waals surface area (Å²) in [4.78, 5) is 33.0. The molecule has 6 rings (SSSR count). The van der Waals surface area contributed by atoms with Crippen molar-refractivity contribution in [3.63, 3.8) is 0 Å². The van der Waals surface area contributed by atoms with E-state index in [2.05, 4.69) is 10.3 Å². The second kappa shape index (κ2) is 6.52. The lowest BCUT2D eigenvalue weighted by molar-refractivity contribution is -0.132. The van der Waals surface area contributed by atoms with Crippen LogP contribution in [0.2, 0.25) is 0 Å². The fraction of sp³-hybridized carbons (Fsp3) is 0.500. The van der Waals surface area contributed by atoms with Gasteiger partial charge in [-0.1, -0.05) is 36.3 Å². The number of carbonyl (C=O) groups excluding carboxylic acids is 2. The molecule has 1 aromatic carbocycles. The summed E-state index contributed by atoms with van der Waals surface area (Å²) in [5, 5.41) is 3.81. The lowest BCUT2D eigenvalue weighted by atomic mass is 9.76. The summed E-state index contributed by atoms with van der Waals surface area (Å²) in [6.07, 6.45) is 7.96. The molecule has 1 aliphatic carbocycles. The average Bonchev–Trinajstić information content (AvgIpc) is 3.54. The van der Waals surface area contributed by atoms with Crippen LogP contribution in [0.1, 0.15) is 25.7 Å². The van der Waals surface area contributed by atoms with Crippen LogP contribution in [-0.4, -0.2) is 48.2 Å². The highest BCUT2D eigenvalue weighted by molar-refractivity contribution is 7.22. The largest absolute Gasteiger partial charge is 0.497 e. The molecule has 4 heterocycles. The Bertz CT molecular complexity index is 1080. The third-order valence-corrected chi connectivity index (χ3v) is 7.98. The third kappa shape index (κ3) is 2.56. The quantitative estimate of drug-likeness (QED) is 0.762. The van der Waals surface area contributed by atoms with E-state index in [9.17, 15) is 9.59 Å². The van der Waals surface area contributed by atoms with Crippen molar-refractivity contribution in [2.75, 3.05) is 18.6 Å². The van der Waals surface area contributed by atoms with Crippen molar-refractivity contribution in [1.82, 2.24) is 10.3 Å². The maximum absolute atomic E-state index is 13.5. The molecule has 156 valence electrons. The zero-order valence-corrected chi connectivity index (χ0v) is 17.5. The molecule has 4 atom stereocenters. The van der Waals surface area contributed by atoms with Gasteiger partial charge in [-0.25, -0.2) is 4.98 Å². The molecule has 7 nitrogen and oxygen atoms in total. The molecule has 3 fully saturated rings. The molecule has 1 N–H and O–H groups in total. The number of thiazole rings is 1. The van der Waals surface area contributed by atoms with Gasteiger partial charge in [-0.05, 0) is 25.0 Å². The maximum Gasteiger partial charge on any atom is 0.236 e. The lowest BCUT2D eigenvalue weighted by Gasteiger charge is -2.24. The highest BCUT2D eigenvalue weighted by Crippen LogP contribution is 2.53. The number of nitrogens with one attached hydrogen (secondary N) is 1. The second-order valence-corrected chi connectivity index (χ2v) is 9.65. The molecule has 4 aliphatic rings. The van der Waals surface area contributed by atoms with Crippen molar-refractivity contribution in [3.8, 4) is 5.75 Å². The summed E-state index contributed by atoms with van der Waals surface area (Å²) in [7, 11) is 1.62. The third-order valence-electron chi connectivity index (χ3n) is 6.92. The highest BCUT2D eigenvalue weighted by Gasteiger charge is 2.67. The number of carbonyl (C=O) groups is 2. The van der Waals surface area contributed by atoms with Crippen molar-refractivity contribution < 1.29 is 19.1 Å². The van der Waals surface area contributed by atoms with Crippen molar-refractivity contribution >= 4 is 38.5 Å². The molecule has 2 bridgehead atoms. The van der Waals surface area contributed by atoms with Gasteiger partial charge in [-0.15, -0.1) is 0 Å². The van der Waals surface area contributed by atoms with E-state index >= 15 is 0 Å².